The number of rotatable bonds is 1. The van der Waals surface area contributed by atoms with Crippen molar-refractivity contribution < 1.29 is 14.3 Å². The molecule has 1 aliphatic heterocycles. The summed E-state index contributed by atoms with van der Waals surface area (Å²) in [6.07, 6.45) is -0.507. The van der Waals surface area contributed by atoms with Crippen molar-refractivity contribution in [1.82, 2.24) is 0 Å². The molecule has 2 atom stereocenters. The second-order valence-corrected chi connectivity index (χ2v) is 3.37. The van der Waals surface area contributed by atoms with Crippen molar-refractivity contribution in [2.45, 2.75) is 45.7 Å². The number of Topliss-reactive ketones (excluding diaryl/α,β-unsaturated/α-hetero) is 1. The first kappa shape index (κ1) is 8.68. The van der Waals surface area contributed by atoms with E-state index in [-0.39, 0.29) is 18.0 Å². The van der Waals surface area contributed by atoms with Gasteiger partial charge in [-0.3, -0.25) is 4.79 Å². The van der Waals surface area contributed by atoms with Crippen molar-refractivity contribution in [3.8, 4) is 0 Å². The molecule has 1 rings (SSSR count). The second-order valence-electron chi connectivity index (χ2n) is 3.37. The molecule has 0 aromatic rings. The Bertz CT molecular complexity index is 174. The van der Waals surface area contributed by atoms with E-state index in [0.29, 0.717) is 0 Å². The summed E-state index contributed by atoms with van der Waals surface area (Å²) in [6.45, 7) is 6.99. The SMILES string of the molecule is CC(=O)[C@H]1OC(C)(C)OC1C. The van der Waals surface area contributed by atoms with Gasteiger partial charge < -0.3 is 9.47 Å². The first-order valence-corrected chi connectivity index (χ1v) is 3.78. The van der Waals surface area contributed by atoms with Crippen molar-refractivity contribution in [3.05, 3.63) is 0 Å². The monoisotopic (exact) mass is 158 g/mol. The summed E-state index contributed by atoms with van der Waals surface area (Å²) >= 11 is 0. The van der Waals surface area contributed by atoms with E-state index in [0.717, 1.165) is 0 Å². The maximum absolute atomic E-state index is 10.9. The largest absolute Gasteiger partial charge is 0.344 e. The van der Waals surface area contributed by atoms with Gasteiger partial charge in [-0.2, -0.15) is 0 Å². The highest BCUT2D eigenvalue weighted by molar-refractivity contribution is 5.81. The molecule has 1 aliphatic rings. The van der Waals surface area contributed by atoms with Crippen LogP contribution < -0.4 is 0 Å². The van der Waals surface area contributed by atoms with Crippen LogP contribution >= 0.6 is 0 Å². The predicted molar refractivity (Wildman–Crippen MR) is 40.2 cm³/mol. The van der Waals surface area contributed by atoms with Crippen molar-refractivity contribution in [2.75, 3.05) is 0 Å². The van der Waals surface area contributed by atoms with Crippen molar-refractivity contribution in [3.63, 3.8) is 0 Å². The van der Waals surface area contributed by atoms with E-state index in [1.807, 2.05) is 20.8 Å². The van der Waals surface area contributed by atoms with E-state index >= 15 is 0 Å². The van der Waals surface area contributed by atoms with Crippen molar-refractivity contribution in [2.24, 2.45) is 0 Å². The zero-order chi connectivity index (χ0) is 8.65. The van der Waals surface area contributed by atoms with Gasteiger partial charge in [-0.25, -0.2) is 0 Å². The maximum atomic E-state index is 10.9. The van der Waals surface area contributed by atoms with Crippen LogP contribution in [0.2, 0.25) is 0 Å². The third-order valence-corrected chi connectivity index (χ3v) is 1.71. The molecular weight excluding hydrogens is 144 g/mol. The van der Waals surface area contributed by atoms with Gasteiger partial charge in [0, 0.05) is 0 Å². The molecule has 0 aromatic heterocycles. The van der Waals surface area contributed by atoms with Gasteiger partial charge in [0.25, 0.3) is 0 Å². The summed E-state index contributed by atoms with van der Waals surface area (Å²) < 4.78 is 10.7. The van der Waals surface area contributed by atoms with Crippen molar-refractivity contribution >= 4 is 5.78 Å². The average Bonchev–Trinajstić information content (AvgIpc) is 2.05. The van der Waals surface area contributed by atoms with Crippen LogP contribution in [0.3, 0.4) is 0 Å². The van der Waals surface area contributed by atoms with Crippen LogP contribution in [0.1, 0.15) is 27.7 Å². The van der Waals surface area contributed by atoms with E-state index in [2.05, 4.69) is 0 Å². The third-order valence-electron chi connectivity index (χ3n) is 1.71. The molecule has 0 aromatic carbocycles. The molecule has 11 heavy (non-hydrogen) atoms. The maximum Gasteiger partial charge on any atom is 0.164 e. The summed E-state index contributed by atoms with van der Waals surface area (Å²) in [7, 11) is 0. The molecule has 64 valence electrons. The number of carbonyl (C=O) groups excluding carboxylic acids is 1. The van der Waals surface area contributed by atoms with Gasteiger partial charge in [0.2, 0.25) is 0 Å². The van der Waals surface area contributed by atoms with Gasteiger partial charge in [0.05, 0.1) is 6.10 Å². The lowest BCUT2D eigenvalue weighted by Gasteiger charge is -2.15. The highest BCUT2D eigenvalue weighted by Gasteiger charge is 2.40. The summed E-state index contributed by atoms with van der Waals surface area (Å²) in [5.41, 5.74) is 0. The van der Waals surface area contributed by atoms with Gasteiger partial charge in [0.1, 0.15) is 6.10 Å². The van der Waals surface area contributed by atoms with Crippen molar-refractivity contribution in [1.29, 1.82) is 0 Å². The van der Waals surface area contributed by atoms with Crippen LogP contribution in [0.4, 0.5) is 0 Å². The minimum Gasteiger partial charge on any atom is -0.344 e. The summed E-state index contributed by atoms with van der Waals surface area (Å²) in [5, 5.41) is 0. The lowest BCUT2D eigenvalue weighted by atomic mass is 10.2. The normalized spacial score (nSPS) is 35.6. The fourth-order valence-corrected chi connectivity index (χ4v) is 1.35. The Morgan fingerprint density at radius 1 is 1.36 bits per heavy atom. The zero-order valence-corrected chi connectivity index (χ0v) is 7.38. The lowest BCUT2D eigenvalue weighted by molar-refractivity contribution is -0.153. The fourth-order valence-electron chi connectivity index (χ4n) is 1.35. The molecule has 1 fully saturated rings. The van der Waals surface area contributed by atoms with E-state index in [4.69, 9.17) is 9.47 Å². The molecule has 0 amide bonds. The van der Waals surface area contributed by atoms with Gasteiger partial charge >= 0.3 is 0 Å². The van der Waals surface area contributed by atoms with Gasteiger partial charge in [-0.15, -0.1) is 0 Å². The van der Waals surface area contributed by atoms with E-state index in [9.17, 15) is 4.79 Å². The molecule has 0 saturated carbocycles. The van der Waals surface area contributed by atoms with E-state index in [1.54, 1.807) is 0 Å². The van der Waals surface area contributed by atoms with Crippen LogP contribution in [0, 0.1) is 0 Å². The highest BCUT2D eigenvalue weighted by Crippen LogP contribution is 2.27. The average molecular weight is 158 g/mol. The van der Waals surface area contributed by atoms with Gasteiger partial charge in [-0.05, 0) is 27.7 Å². The Hall–Kier alpha value is -0.410. The van der Waals surface area contributed by atoms with E-state index < -0.39 is 5.79 Å². The Balaban J connectivity index is 2.66. The molecule has 1 unspecified atom stereocenters. The molecule has 3 nitrogen and oxygen atoms in total. The minimum atomic E-state index is -0.601. The molecule has 3 heteroatoms. The third kappa shape index (κ3) is 1.79. The van der Waals surface area contributed by atoms with Crippen LogP contribution in [0.15, 0.2) is 0 Å². The quantitative estimate of drug-likeness (QED) is 0.573. The fraction of sp³-hybridized carbons (Fsp3) is 0.875. The Kier molecular flexibility index (Phi) is 2.03. The Labute approximate surface area is 66.7 Å². The second kappa shape index (κ2) is 2.57. The number of ketones is 1. The number of carbonyl (C=O) groups is 1. The molecule has 0 N–H and O–H groups in total. The molecule has 1 heterocycles. The highest BCUT2D eigenvalue weighted by atomic mass is 16.8. The molecule has 1 saturated heterocycles. The minimum absolute atomic E-state index is 0.0306. The molecular formula is C8H14O3. The summed E-state index contributed by atoms with van der Waals surface area (Å²) in [4.78, 5) is 10.9. The van der Waals surface area contributed by atoms with Gasteiger partial charge in [0.15, 0.2) is 11.6 Å². The first-order chi connectivity index (χ1) is 4.92. The number of hydrogen-bond donors (Lipinski definition) is 0. The van der Waals surface area contributed by atoms with Crippen LogP contribution in [-0.4, -0.2) is 23.8 Å². The number of hydrogen-bond acceptors (Lipinski definition) is 3. The summed E-state index contributed by atoms with van der Waals surface area (Å²) in [5.74, 6) is -0.571. The van der Waals surface area contributed by atoms with Crippen LogP contribution in [-0.2, 0) is 14.3 Å². The predicted octanol–water partition coefficient (Wildman–Crippen LogP) is 1.12. The molecule has 0 bridgehead atoms. The van der Waals surface area contributed by atoms with Crippen LogP contribution in [0.25, 0.3) is 0 Å². The first-order valence-electron chi connectivity index (χ1n) is 3.78. The molecule has 0 spiro atoms. The topological polar surface area (TPSA) is 35.5 Å². The molecule has 0 aliphatic carbocycles. The Morgan fingerprint density at radius 2 is 1.91 bits per heavy atom. The standard InChI is InChI=1S/C8H14O3/c1-5(9)7-6(2)10-8(3,4)11-7/h6-7H,1-4H3/t6?,7-/m1/s1. The smallest absolute Gasteiger partial charge is 0.164 e. The summed E-state index contributed by atoms with van der Waals surface area (Å²) in [6, 6.07) is 0. The zero-order valence-electron chi connectivity index (χ0n) is 7.38. The Morgan fingerprint density at radius 3 is 2.09 bits per heavy atom. The molecule has 0 radical (unpaired) electrons. The van der Waals surface area contributed by atoms with Crippen LogP contribution in [0.5, 0.6) is 0 Å². The lowest BCUT2D eigenvalue weighted by Crippen LogP contribution is -2.27. The van der Waals surface area contributed by atoms with E-state index in [1.165, 1.54) is 6.92 Å². The van der Waals surface area contributed by atoms with Gasteiger partial charge in [-0.1, -0.05) is 0 Å². The number of ether oxygens (including phenoxy) is 2.